The highest BCUT2D eigenvalue weighted by molar-refractivity contribution is 6.52. The number of aliphatic hydroxyl groups excluding tert-OH is 1. The maximum atomic E-state index is 11.0. The van der Waals surface area contributed by atoms with E-state index in [1.807, 2.05) is 0 Å². The molecular weight excluding hydrogens is 300 g/mol. The number of nitrogens with one attached hydrogen (secondary N) is 1. The molecule has 0 fully saturated rings. The van der Waals surface area contributed by atoms with Crippen LogP contribution in [0, 0.1) is 0 Å². The molecule has 7 heteroatoms. The highest BCUT2D eigenvalue weighted by Gasteiger charge is 2.43. The lowest BCUT2D eigenvalue weighted by Crippen LogP contribution is -2.48. The number of methoxy groups -OCH3 is 1. The maximum absolute atomic E-state index is 11.0. The van der Waals surface area contributed by atoms with E-state index in [1.54, 1.807) is 30.3 Å². The van der Waals surface area contributed by atoms with E-state index >= 15 is 0 Å². The minimum absolute atomic E-state index is 0.620. The van der Waals surface area contributed by atoms with Gasteiger partial charge in [-0.1, -0.05) is 53.5 Å². The van der Waals surface area contributed by atoms with Crippen molar-refractivity contribution in [1.29, 1.82) is 0 Å². The van der Waals surface area contributed by atoms with Gasteiger partial charge in [-0.2, -0.15) is 0 Å². The number of ether oxygens (including phenoxy) is 1. The molecule has 100 valence electrons. The van der Waals surface area contributed by atoms with Crippen LogP contribution < -0.4 is 5.32 Å². The Labute approximate surface area is 120 Å². The molecule has 0 radical (unpaired) electrons. The van der Waals surface area contributed by atoms with Crippen molar-refractivity contribution in [2.24, 2.45) is 0 Å². The zero-order chi connectivity index (χ0) is 13.8. The third-order valence-electron chi connectivity index (χ3n) is 2.23. The number of hydrogen-bond acceptors (Lipinski definition) is 3. The number of alkyl carbamates (subject to hydrolysis) is 1. The van der Waals surface area contributed by atoms with Crippen molar-refractivity contribution in [2.45, 2.75) is 15.9 Å². The molecule has 0 saturated carbocycles. The first kappa shape index (κ1) is 15.4. The molecule has 0 spiro atoms. The van der Waals surface area contributed by atoms with E-state index in [-0.39, 0.29) is 0 Å². The molecule has 1 aromatic carbocycles. The molecule has 0 bridgehead atoms. The normalized spacial score (nSPS) is 14.7. The second-order valence-corrected chi connectivity index (χ2v) is 5.37. The number of rotatable bonds is 4. The van der Waals surface area contributed by atoms with Crippen molar-refractivity contribution < 1.29 is 14.6 Å². The molecule has 1 rings (SSSR count). The zero-order valence-corrected chi connectivity index (χ0v) is 11.7. The Morgan fingerprint density at radius 1 is 1.39 bits per heavy atom. The van der Waals surface area contributed by atoms with Crippen LogP contribution in [0.1, 0.15) is 10.9 Å². The van der Waals surface area contributed by atoms with Crippen molar-refractivity contribution in [3.8, 4) is 0 Å². The van der Waals surface area contributed by atoms with Gasteiger partial charge >= 0.3 is 6.09 Å². The summed E-state index contributed by atoms with van der Waals surface area (Å²) < 4.78 is 2.54. The predicted molar refractivity (Wildman–Crippen MR) is 71.0 cm³/mol. The number of carbonyl (C=O) groups is 1. The van der Waals surface area contributed by atoms with Gasteiger partial charge in [-0.3, -0.25) is 5.32 Å². The van der Waals surface area contributed by atoms with Gasteiger partial charge in [-0.25, -0.2) is 4.79 Å². The van der Waals surface area contributed by atoms with Crippen LogP contribution in [0.4, 0.5) is 4.79 Å². The summed E-state index contributed by atoms with van der Waals surface area (Å²) in [6, 6.07) is 8.74. The maximum Gasteiger partial charge on any atom is 0.408 e. The number of halogens is 3. The number of amides is 1. The third-order valence-corrected chi connectivity index (χ3v) is 3.90. The fraction of sp³-hybridized carbons (Fsp3) is 0.364. The Hall–Kier alpha value is -0.680. The van der Waals surface area contributed by atoms with Gasteiger partial charge < -0.3 is 9.84 Å². The SMILES string of the molecule is COC(=O)N[C@H](O)C(Cl)(Cl)[C@@H](Cl)c1ccccc1. The van der Waals surface area contributed by atoms with Gasteiger partial charge in [0, 0.05) is 0 Å². The minimum atomic E-state index is -1.79. The molecule has 0 aliphatic carbocycles. The molecule has 2 N–H and O–H groups in total. The van der Waals surface area contributed by atoms with E-state index in [4.69, 9.17) is 34.8 Å². The molecule has 0 aliphatic rings. The van der Waals surface area contributed by atoms with Crippen molar-refractivity contribution in [1.82, 2.24) is 5.32 Å². The summed E-state index contributed by atoms with van der Waals surface area (Å²) in [6.07, 6.45) is -2.43. The molecule has 4 nitrogen and oxygen atoms in total. The third kappa shape index (κ3) is 3.65. The summed E-state index contributed by atoms with van der Waals surface area (Å²) in [7, 11) is 1.15. The summed E-state index contributed by atoms with van der Waals surface area (Å²) in [5, 5.41) is 10.9. The van der Waals surface area contributed by atoms with Gasteiger partial charge in [0.2, 0.25) is 0 Å². The van der Waals surface area contributed by atoms with E-state index in [1.165, 1.54) is 0 Å². The Balaban J connectivity index is 2.82. The van der Waals surface area contributed by atoms with Crippen molar-refractivity contribution in [3.63, 3.8) is 0 Å². The fourth-order valence-corrected chi connectivity index (χ4v) is 1.88. The highest BCUT2D eigenvalue weighted by atomic mass is 35.5. The van der Waals surface area contributed by atoms with E-state index in [0.29, 0.717) is 5.56 Å². The summed E-state index contributed by atoms with van der Waals surface area (Å²) in [5.41, 5.74) is 0.620. The molecule has 1 aromatic rings. The molecule has 2 atom stereocenters. The van der Waals surface area contributed by atoms with Crippen LogP contribution in [0.15, 0.2) is 30.3 Å². The lowest BCUT2D eigenvalue weighted by atomic mass is 10.1. The van der Waals surface area contributed by atoms with Gasteiger partial charge in [-0.15, -0.1) is 11.6 Å². The van der Waals surface area contributed by atoms with Crippen LogP contribution in [0.5, 0.6) is 0 Å². The number of hydrogen-bond donors (Lipinski definition) is 2. The molecule has 0 aliphatic heterocycles. The molecule has 0 aromatic heterocycles. The van der Waals surface area contributed by atoms with Crippen LogP contribution in [0.3, 0.4) is 0 Å². The highest BCUT2D eigenvalue weighted by Crippen LogP contribution is 2.42. The number of aliphatic hydroxyl groups is 1. The van der Waals surface area contributed by atoms with E-state index in [0.717, 1.165) is 7.11 Å². The Kier molecular flexibility index (Phi) is 5.53. The Bertz CT molecular complexity index is 400. The number of alkyl halides is 3. The lowest BCUT2D eigenvalue weighted by Gasteiger charge is -2.30. The summed E-state index contributed by atoms with van der Waals surface area (Å²) >= 11 is 18.1. The lowest BCUT2D eigenvalue weighted by molar-refractivity contribution is 0.0984. The van der Waals surface area contributed by atoms with Crippen molar-refractivity contribution >= 4 is 40.9 Å². The van der Waals surface area contributed by atoms with E-state index < -0.39 is 22.0 Å². The van der Waals surface area contributed by atoms with Gasteiger partial charge in [0.1, 0.15) is 0 Å². The summed E-state index contributed by atoms with van der Waals surface area (Å²) in [5.74, 6) is 0. The van der Waals surface area contributed by atoms with Crippen LogP contribution >= 0.6 is 34.8 Å². The molecule has 0 unspecified atom stereocenters. The van der Waals surface area contributed by atoms with Crippen LogP contribution in [-0.2, 0) is 4.74 Å². The van der Waals surface area contributed by atoms with Crippen LogP contribution in [0.25, 0.3) is 0 Å². The van der Waals surface area contributed by atoms with Gasteiger partial charge in [-0.05, 0) is 5.56 Å². The molecule has 0 saturated heterocycles. The van der Waals surface area contributed by atoms with E-state index in [9.17, 15) is 9.90 Å². The second kappa shape index (κ2) is 6.48. The molecule has 0 heterocycles. The van der Waals surface area contributed by atoms with Crippen LogP contribution in [-0.4, -0.2) is 28.9 Å². The second-order valence-electron chi connectivity index (χ2n) is 3.49. The summed E-state index contributed by atoms with van der Waals surface area (Å²) in [6.45, 7) is 0. The Morgan fingerprint density at radius 3 is 2.44 bits per heavy atom. The zero-order valence-electron chi connectivity index (χ0n) is 9.44. The average molecular weight is 313 g/mol. The van der Waals surface area contributed by atoms with Crippen molar-refractivity contribution in [2.75, 3.05) is 7.11 Å². The quantitative estimate of drug-likeness (QED) is 0.664. The standard InChI is InChI=1S/C11H12Cl3NO3/c1-18-10(17)15-9(16)11(13,14)8(12)7-5-3-2-4-6-7/h2-6,8-9,16H,1H3,(H,15,17)/t8-,9+/m0/s1. The monoisotopic (exact) mass is 311 g/mol. The van der Waals surface area contributed by atoms with Gasteiger partial charge in [0.25, 0.3) is 0 Å². The first-order chi connectivity index (χ1) is 8.39. The topological polar surface area (TPSA) is 58.6 Å². The number of benzene rings is 1. The van der Waals surface area contributed by atoms with Gasteiger partial charge in [0.05, 0.1) is 12.5 Å². The minimum Gasteiger partial charge on any atom is -0.453 e. The first-order valence-electron chi connectivity index (χ1n) is 4.99. The first-order valence-corrected chi connectivity index (χ1v) is 6.18. The van der Waals surface area contributed by atoms with E-state index in [2.05, 4.69) is 10.1 Å². The fourth-order valence-electron chi connectivity index (χ4n) is 1.25. The molecule has 1 amide bonds. The Morgan fingerprint density at radius 2 is 1.94 bits per heavy atom. The molecular formula is C11H12Cl3NO3. The smallest absolute Gasteiger partial charge is 0.408 e. The summed E-state index contributed by atoms with van der Waals surface area (Å²) in [4.78, 5) is 11.0. The van der Waals surface area contributed by atoms with Crippen LogP contribution in [0.2, 0.25) is 0 Å². The number of carbonyl (C=O) groups excluding carboxylic acids is 1. The largest absolute Gasteiger partial charge is 0.453 e. The predicted octanol–water partition coefficient (Wildman–Crippen LogP) is 2.81. The van der Waals surface area contributed by atoms with Gasteiger partial charge in [0.15, 0.2) is 10.6 Å². The average Bonchev–Trinajstić information content (AvgIpc) is 2.38. The molecule has 18 heavy (non-hydrogen) atoms. The van der Waals surface area contributed by atoms with Crippen molar-refractivity contribution in [3.05, 3.63) is 35.9 Å².